The van der Waals surface area contributed by atoms with Gasteiger partial charge in [0.2, 0.25) is 0 Å². The Labute approximate surface area is 115 Å². The van der Waals surface area contributed by atoms with Crippen molar-refractivity contribution >= 4 is 16.2 Å². The van der Waals surface area contributed by atoms with Gasteiger partial charge in [-0.05, 0) is 18.8 Å². The molecule has 2 unspecified atom stereocenters. The van der Waals surface area contributed by atoms with E-state index in [0.717, 1.165) is 36.4 Å². The van der Waals surface area contributed by atoms with Gasteiger partial charge in [-0.1, -0.05) is 26.2 Å². The summed E-state index contributed by atoms with van der Waals surface area (Å²) in [6.07, 6.45) is 5.04. The van der Waals surface area contributed by atoms with Crippen molar-refractivity contribution in [1.82, 2.24) is 9.03 Å². The summed E-state index contributed by atoms with van der Waals surface area (Å²) in [5, 5.41) is 8.59. The molecule has 0 aromatic rings. The first-order chi connectivity index (χ1) is 8.83. The minimum absolute atomic E-state index is 0.00817. The average Bonchev–Trinajstić information content (AvgIpc) is 2.51. The fraction of sp³-hybridized carbons (Fsp3) is 0.917. The highest BCUT2D eigenvalue weighted by Crippen LogP contribution is 2.23. The molecule has 112 valence electrons. The molecule has 0 amide bonds. The fourth-order valence-corrected chi connectivity index (χ4v) is 3.57. The topological polar surface area (TPSA) is 86.7 Å². The lowest BCUT2D eigenvalue weighted by atomic mass is 9.98. The van der Waals surface area contributed by atoms with E-state index in [-0.39, 0.29) is 19.0 Å². The van der Waals surface area contributed by atoms with Gasteiger partial charge in [0.1, 0.15) is 0 Å². The van der Waals surface area contributed by atoms with Crippen molar-refractivity contribution in [3.05, 3.63) is 0 Å². The molecule has 2 N–H and O–H groups in total. The Kier molecular flexibility index (Phi) is 6.22. The molecule has 0 heterocycles. The molecule has 0 radical (unpaired) electrons. The predicted molar refractivity (Wildman–Crippen MR) is 73.0 cm³/mol. The van der Waals surface area contributed by atoms with Crippen LogP contribution in [0.5, 0.6) is 0 Å². The highest BCUT2D eigenvalue weighted by Gasteiger charge is 2.27. The molecule has 0 bridgehead atoms. The first-order valence-corrected chi connectivity index (χ1v) is 8.22. The second-order valence-electron chi connectivity index (χ2n) is 5.31. The van der Waals surface area contributed by atoms with Crippen LogP contribution >= 0.6 is 0 Å². The second kappa shape index (κ2) is 7.21. The highest BCUT2D eigenvalue weighted by molar-refractivity contribution is 7.87. The quantitative estimate of drug-likeness (QED) is 0.720. The lowest BCUT2D eigenvalue weighted by molar-refractivity contribution is -0.137. The molecule has 7 heteroatoms. The Morgan fingerprint density at radius 1 is 1.32 bits per heavy atom. The summed E-state index contributed by atoms with van der Waals surface area (Å²) in [5.74, 6) is -0.671. The van der Waals surface area contributed by atoms with Gasteiger partial charge < -0.3 is 5.11 Å². The Balaban J connectivity index is 2.59. The molecule has 0 saturated heterocycles. The van der Waals surface area contributed by atoms with Crippen LogP contribution in [0, 0.1) is 5.92 Å². The van der Waals surface area contributed by atoms with Gasteiger partial charge in [0.05, 0.1) is 6.42 Å². The Morgan fingerprint density at radius 2 is 1.95 bits per heavy atom. The largest absolute Gasteiger partial charge is 0.481 e. The molecule has 19 heavy (non-hydrogen) atoms. The minimum Gasteiger partial charge on any atom is -0.481 e. The van der Waals surface area contributed by atoms with Crippen LogP contribution in [0.1, 0.15) is 45.4 Å². The van der Waals surface area contributed by atoms with Gasteiger partial charge in [-0.25, -0.2) is 0 Å². The fourth-order valence-electron chi connectivity index (χ4n) is 2.32. The monoisotopic (exact) mass is 292 g/mol. The molecule has 1 aliphatic carbocycles. The van der Waals surface area contributed by atoms with Crippen molar-refractivity contribution in [2.45, 2.75) is 51.5 Å². The van der Waals surface area contributed by atoms with Crippen LogP contribution in [0.2, 0.25) is 0 Å². The predicted octanol–water partition coefficient (Wildman–Crippen LogP) is 1.20. The van der Waals surface area contributed by atoms with Crippen molar-refractivity contribution < 1.29 is 18.3 Å². The summed E-state index contributed by atoms with van der Waals surface area (Å²) >= 11 is 0. The van der Waals surface area contributed by atoms with E-state index in [2.05, 4.69) is 11.6 Å². The van der Waals surface area contributed by atoms with Gasteiger partial charge in [0, 0.05) is 19.6 Å². The number of carbonyl (C=O) groups is 1. The summed E-state index contributed by atoms with van der Waals surface area (Å²) in [4.78, 5) is 10.5. The number of rotatable bonds is 6. The molecule has 6 nitrogen and oxygen atoms in total. The Bertz CT molecular complexity index is 397. The van der Waals surface area contributed by atoms with Gasteiger partial charge in [-0.3, -0.25) is 4.79 Å². The molecule has 2 atom stereocenters. The molecule has 1 rings (SSSR count). The molecule has 1 fully saturated rings. The molecule has 0 aliphatic heterocycles. The van der Waals surface area contributed by atoms with Gasteiger partial charge in [-0.15, -0.1) is 0 Å². The van der Waals surface area contributed by atoms with Gasteiger partial charge in [-0.2, -0.15) is 17.4 Å². The number of nitrogens with zero attached hydrogens (tertiary/aromatic N) is 1. The summed E-state index contributed by atoms with van der Waals surface area (Å²) in [5.41, 5.74) is 0. The molecular formula is C12H24N2O4S. The zero-order valence-corrected chi connectivity index (χ0v) is 12.4. The molecule has 0 aromatic carbocycles. The van der Waals surface area contributed by atoms with E-state index in [1.807, 2.05) is 0 Å². The van der Waals surface area contributed by atoms with Crippen molar-refractivity contribution in [3.63, 3.8) is 0 Å². The van der Waals surface area contributed by atoms with Crippen molar-refractivity contribution in [1.29, 1.82) is 0 Å². The third-order valence-electron chi connectivity index (χ3n) is 3.71. The summed E-state index contributed by atoms with van der Waals surface area (Å²) < 4.78 is 28.0. The first-order valence-electron chi connectivity index (χ1n) is 6.78. The van der Waals surface area contributed by atoms with E-state index in [0.29, 0.717) is 5.92 Å². The van der Waals surface area contributed by atoms with E-state index in [4.69, 9.17) is 5.11 Å². The van der Waals surface area contributed by atoms with Crippen molar-refractivity contribution in [2.75, 3.05) is 13.6 Å². The van der Waals surface area contributed by atoms with Gasteiger partial charge in [0.25, 0.3) is 10.2 Å². The maximum absolute atomic E-state index is 12.1. The minimum atomic E-state index is -3.58. The van der Waals surface area contributed by atoms with Crippen LogP contribution < -0.4 is 4.72 Å². The highest BCUT2D eigenvalue weighted by atomic mass is 32.2. The number of hydrogen-bond acceptors (Lipinski definition) is 3. The third kappa shape index (κ3) is 5.46. The van der Waals surface area contributed by atoms with Crippen LogP contribution in [0.4, 0.5) is 0 Å². The molecular weight excluding hydrogens is 268 g/mol. The number of carboxylic acids is 1. The lowest BCUT2D eigenvalue weighted by Gasteiger charge is -2.25. The summed E-state index contributed by atoms with van der Waals surface area (Å²) in [6, 6.07) is -0.0419. The van der Waals surface area contributed by atoms with Crippen LogP contribution in [0.25, 0.3) is 0 Å². The number of nitrogens with one attached hydrogen (secondary N) is 1. The molecule has 1 aliphatic rings. The Morgan fingerprint density at radius 3 is 2.58 bits per heavy atom. The first kappa shape index (κ1) is 16.4. The van der Waals surface area contributed by atoms with Crippen LogP contribution in [0.15, 0.2) is 0 Å². The summed E-state index contributed by atoms with van der Waals surface area (Å²) in [6.45, 7) is 2.06. The van der Waals surface area contributed by atoms with Crippen LogP contribution in [0.3, 0.4) is 0 Å². The summed E-state index contributed by atoms with van der Waals surface area (Å²) in [7, 11) is -2.18. The third-order valence-corrected chi connectivity index (χ3v) is 5.32. The van der Waals surface area contributed by atoms with E-state index in [9.17, 15) is 13.2 Å². The maximum atomic E-state index is 12.1. The number of hydrogen-bond donors (Lipinski definition) is 2. The smallest absolute Gasteiger partial charge is 0.304 e. The normalized spacial score (nSPS) is 25.2. The lowest BCUT2D eigenvalue weighted by Crippen LogP contribution is -2.46. The SMILES string of the molecule is CC1CCCCCC1NS(=O)(=O)N(C)CCC(=O)O. The molecule has 0 aromatic heterocycles. The average molecular weight is 292 g/mol. The van der Waals surface area contributed by atoms with Crippen molar-refractivity contribution in [2.24, 2.45) is 5.92 Å². The molecule has 0 spiro atoms. The van der Waals surface area contributed by atoms with E-state index < -0.39 is 16.2 Å². The standard InChI is InChI=1S/C12H24N2O4S/c1-10-6-4-3-5-7-11(10)13-19(17,18)14(2)9-8-12(15)16/h10-11,13H,3-9H2,1-2H3,(H,15,16). The van der Waals surface area contributed by atoms with E-state index in [1.54, 1.807) is 0 Å². The zero-order valence-electron chi connectivity index (χ0n) is 11.6. The number of carboxylic acid groups (broad SMARTS) is 1. The van der Waals surface area contributed by atoms with Crippen molar-refractivity contribution in [3.8, 4) is 0 Å². The van der Waals surface area contributed by atoms with Gasteiger partial charge in [0.15, 0.2) is 0 Å². The van der Waals surface area contributed by atoms with Crippen LogP contribution in [-0.2, 0) is 15.0 Å². The number of aliphatic carboxylic acids is 1. The maximum Gasteiger partial charge on any atom is 0.304 e. The van der Waals surface area contributed by atoms with E-state index in [1.165, 1.54) is 7.05 Å². The van der Waals surface area contributed by atoms with Gasteiger partial charge >= 0.3 is 5.97 Å². The zero-order chi connectivity index (χ0) is 14.5. The van der Waals surface area contributed by atoms with E-state index >= 15 is 0 Å². The Hall–Kier alpha value is -0.660. The van der Waals surface area contributed by atoms with Crippen LogP contribution in [-0.4, -0.2) is 43.4 Å². The second-order valence-corrected chi connectivity index (χ2v) is 7.12. The molecule has 1 saturated carbocycles.